The molecular formula is C18H30N2O. The Hall–Kier alpha value is -1.35. The zero-order valence-electron chi connectivity index (χ0n) is 13.4. The van der Waals surface area contributed by atoms with E-state index in [4.69, 9.17) is 5.73 Å². The monoisotopic (exact) mass is 290 g/mol. The molecule has 1 rings (SSSR count). The Balaban J connectivity index is 2.32. The standard InChI is InChI=1S/C18H30N2O/c1-2-3-4-5-6-10-13-18(21)20(15-14-19)16-17-11-8-7-9-12-17/h7-9,11-12H,2-6,10,13-16,19H2,1H3. The molecule has 0 fully saturated rings. The van der Waals surface area contributed by atoms with Crippen molar-refractivity contribution >= 4 is 5.91 Å². The van der Waals surface area contributed by atoms with Crippen molar-refractivity contribution in [1.82, 2.24) is 4.90 Å². The Morgan fingerprint density at radius 1 is 1.05 bits per heavy atom. The van der Waals surface area contributed by atoms with Crippen molar-refractivity contribution in [3.8, 4) is 0 Å². The lowest BCUT2D eigenvalue weighted by molar-refractivity contribution is -0.131. The van der Waals surface area contributed by atoms with Crippen molar-refractivity contribution in [3.63, 3.8) is 0 Å². The smallest absolute Gasteiger partial charge is 0.222 e. The van der Waals surface area contributed by atoms with Gasteiger partial charge < -0.3 is 10.6 Å². The van der Waals surface area contributed by atoms with Gasteiger partial charge in [-0.15, -0.1) is 0 Å². The molecule has 0 radical (unpaired) electrons. The SMILES string of the molecule is CCCCCCCCC(=O)N(CCN)Cc1ccccc1. The number of rotatable bonds is 11. The zero-order chi connectivity index (χ0) is 15.3. The van der Waals surface area contributed by atoms with E-state index in [1.54, 1.807) is 0 Å². The van der Waals surface area contributed by atoms with Crippen molar-refractivity contribution in [2.75, 3.05) is 13.1 Å². The molecule has 3 heteroatoms. The lowest BCUT2D eigenvalue weighted by Gasteiger charge is -2.22. The van der Waals surface area contributed by atoms with Gasteiger partial charge in [0.15, 0.2) is 0 Å². The Morgan fingerprint density at radius 3 is 2.38 bits per heavy atom. The third-order valence-corrected chi connectivity index (χ3v) is 3.71. The number of amides is 1. The lowest BCUT2D eigenvalue weighted by atomic mass is 10.1. The van der Waals surface area contributed by atoms with Crippen molar-refractivity contribution in [2.24, 2.45) is 5.73 Å². The molecule has 0 spiro atoms. The van der Waals surface area contributed by atoms with Crippen molar-refractivity contribution in [2.45, 2.75) is 58.4 Å². The topological polar surface area (TPSA) is 46.3 Å². The highest BCUT2D eigenvalue weighted by molar-refractivity contribution is 5.76. The molecule has 0 bridgehead atoms. The fourth-order valence-corrected chi connectivity index (χ4v) is 2.47. The first kappa shape index (κ1) is 17.7. The first-order chi connectivity index (χ1) is 10.3. The number of hydrogen-bond donors (Lipinski definition) is 1. The van der Waals surface area contributed by atoms with Gasteiger partial charge in [0, 0.05) is 26.1 Å². The van der Waals surface area contributed by atoms with Crippen LogP contribution in [0.4, 0.5) is 0 Å². The third-order valence-electron chi connectivity index (χ3n) is 3.71. The summed E-state index contributed by atoms with van der Waals surface area (Å²) in [5, 5.41) is 0. The minimum absolute atomic E-state index is 0.236. The summed E-state index contributed by atoms with van der Waals surface area (Å²) in [5.74, 6) is 0.236. The van der Waals surface area contributed by atoms with Gasteiger partial charge in [-0.3, -0.25) is 4.79 Å². The number of benzene rings is 1. The molecule has 1 aromatic carbocycles. The molecule has 0 unspecified atom stereocenters. The van der Waals surface area contributed by atoms with Crippen LogP contribution in [0.2, 0.25) is 0 Å². The molecule has 1 amide bonds. The number of unbranched alkanes of at least 4 members (excludes halogenated alkanes) is 5. The van der Waals surface area contributed by atoms with Gasteiger partial charge in [0.2, 0.25) is 5.91 Å². The van der Waals surface area contributed by atoms with Gasteiger partial charge in [-0.05, 0) is 12.0 Å². The Morgan fingerprint density at radius 2 is 1.71 bits per heavy atom. The van der Waals surface area contributed by atoms with Crippen LogP contribution in [-0.4, -0.2) is 23.9 Å². The van der Waals surface area contributed by atoms with E-state index in [9.17, 15) is 4.79 Å². The number of hydrogen-bond acceptors (Lipinski definition) is 2. The van der Waals surface area contributed by atoms with Gasteiger partial charge in [0.1, 0.15) is 0 Å². The summed E-state index contributed by atoms with van der Waals surface area (Å²) in [5.41, 5.74) is 6.81. The number of nitrogens with zero attached hydrogens (tertiary/aromatic N) is 1. The molecule has 0 aromatic heterocycles. The van der Waals surface area contributed by atoms with Gasteiger partial charge in [0.05, 0.1) is 0 Å². The van der Waals surface area contributed by atoms with Crippen LogP contribution in [0, 0.1) is 0 Å². The molecule has 0 aliphatic carbocycles. The highest BCUT2D eigenvalue weighted by atomic mass is 16.2. The Labute approximate surface area is 129 Å². The molecule has 21 heavy (non-hydrogen) atoms. The van der Waals surface area contributed by atoms with E-state index < -0.39 is 0 Å². The van der Waals surface area contributed by atoms with E-state index in [1.807, 2.05) is 23.1 Å². The first-order valence-electron chi connectivity index (χ1n) is 8.29. The van der Waals surface area contributed by atoms with Gasteiger partial charge in [-0.25, -0.2) is 0 Å². The summed E-state index contributed by atoms with van der Waals surface area (Å²) in [6.07, 6.45) is 7.92. The van der Waals surface area contributed by atoms with Crippen LogP contribution in [0.1, 0.15) is 57.4 Å². The summed E-state index contributed by atoms with van der Waals surface area (Å²) in [6, 6.07) is 10.1. The minimum Gasteiger partial charge on any atom is -0.337 e. The molecule has 1 aromatic rings. The predicted molar refractivity (Wildman–Crippen MR) is 88.9 cm³/mol. The largest absolute Gasteiger partial charge is 0.337 e. The fourth-order valence-electron chi connectivity index (χ4n) is 2.47. The number of carbonyl (C=O) groups is 1. The molecule has 3 nitrogen and oxygen atoms in total. The normalized spacial score (nSPS) is 10.6. The van der Waals surface area contributed by atoms with E-state index in [-0.39, 0.29) is 5.91 Å². The average Bonchev–Trinajstić information content (AvgIpc) is 2.51. The van der Waals surface area contributed by atoms with Crippen LogP contribution >= 0.6 is 0 Å². The lowest BCUT2D eigenvalue weighted by Crippen LogP contribution is -2.34. The molecule has 0 heterocycles. The van der Waals surface area contributed by atoms with Gasteiger partial charge in [-0.1, -0.05) is 69.4 Å². The molecule has 0 saturated heterocycles. The summed E-state index contributed by atoms with van der Waals surface area (Å²) >= 11 is 0. The van der Waals surface area contributed by atoms with Crippen LogP contribution < -0.4 is 5.73 Å². The predicted octanol–water partition coefficient (Wildman–Crippen LogP) is 3.72. The second kappa shape index (κ2) is 11.3. The second-order valence-corrected chi connectivity index (χ2v) is 5.61. The molecule has 2 N–H and O–H groups in total. The second-order valence-electron chi connectivity index (χ2n) is 5.61. The van der Waals surface area contributed by atoms with E-state index in [0.717, 1.165) is 12.8 Å². The maximum atomic E-state index is 12.3. The first-order valence-corrected chi connectivity index (χ1v) is 8.29. The van der Waals surface area contributed by atoms with E-state index in [2.05, 4.69) is 19.1 Å². The van der Waals surface area contributed by atoms with E-state index in [1.165, 1.54) is 31.2 Å². The van der Waals surface area contributed by atoms with Crippen molar-refractivity contribution in [3.05, 3.63) is 35.9 Å². The summed E-state index contributed by atoms with van der Waals surface area (Å²) in [7, 11) is 0. The Bertz CT molecular complexity index is 378. The highest BCUT2D eigenvalue weighted by Crippen LogP contribution is 2.10. The molecule has 0 aliphatic heterocycles. The maximum Gasteiger partial charge on any atom is 0.222 e. The quantitative estimate of drug-likeness (QED) is 0.631. The van der Waals surface area contributed by atoms with E-state index >= 15 is 0 Å². The molecule has 118 valence electrons. The van der Waals surface area contributed by atoms with Crippen LogP contribution in [-0.2, 0) is 11.3 Å². The molecule has 0 atom stereocenters. The third kappa shape index (κ3) is 7.86. The van der Waals surface area contributed by atoms with Crippen LogP contribution in [0.3, 0.4) is 0 Å². The maximum absolute atomic E-state index is 12.3. The summed E-state index contributed by atoms with van der Waals surface area (Å²) < 4.78 is 0. The van der Waals surface area contributed by atoms with Crippen LogP contribution in [0.15, 0.2) is 30.3 Å². The summed E-state index contributed by atoms with van der Waals surface area (Å²) in [4.78, 5) is 14.2. The molecular weight excluding hydrogens is 260 g/mol. The van der Waals surface area contributed by atoms with Crippen LogP contribution in [0.5, 0.6) is 0 Å². The average molecular weight is 290 g/mol. The van der Waals surface area contributed by atoms with Crippen LogP contribution in [0.25, 0.3) is 0 Å². The van der Waals surface area contributed by atoms with Gasteiger partial charge in [0.25, 0.3) is 0 Å². The van der Waals surface area contributed by atoms with Gasteiger partial charge >= 0.3 is 0 Å². The van der Waals surface area contributed by atoms with Gasteiger partial charge in [-0.2, -0.15) is 0 Å². The molecule has 0 aliphatic rings. The number of nitrogens with two attached hydrogens (primary N) is 1. The molecule has 0 saturated carbocycles. The number of carbonyl (C=O) groups excluding carboxylic acids is 1. The fraction of sp³-hybridized carbons (Fsp3) is 0.611. The minimum atomic E-state index is 0.236. The van der Waals surface area contributed by atoms with E-state index in [0.29, 0.717) is 26.1 Å². The highest BCUT2D eigenvalue weighted by Gasteiger charge is 2.12. The summed E-state index contributed by atoms with van der Waals surface area (Å²) in [6.45, 7) is 4.06. The van der Waals surface area contributed by atoms with Crippen molar-refractivity contribution < 1.29 is 4.79 Å². The zero-order valence-corrected chi connectivity index (χ0v) is 13.4. The Kier molecular flexibility index (Phi) is 9.55. The van der Waals surface area contributed by atoms with Crippen molar-refractivity contribution in [1.29, 1.82) is 0 Å².